The van der Waals surface area contributed by atoms with Gasteiger partial charge in [-0.2, -0.15) is 0 Å². The van der Waals surface area contributed by atoms with E-state index in [1.165, 1.54) is 43.2 Å². The Bertz CT molecular complexity index is 940. The first-order valence-electron chi connectivity index (χ1n) is 9.49. The highest BCUT2D eigenvalue weighted by Gasteiger charge is 2.28. The van der Waals surface area contributed by atoms with Crippen molar-refractivity contribution < 1.29 is 0 Å². The lowest BCUT2D eigenvalue weighted by Crippen LogP contribution is -2.45. The van der Waals surface area contributed by atoms with E-state index in [0.29, 0.717) is 17.4 Å². The van der Waals surface area contributed by atoms with Gasteiger partial charge in [0.15, 0.2) is 4.77 Å². The molecule has 2 aliphatic rings. The molecule has 5 nitrogen and oxygen atoms in total. The molecule has 2 heterocycles. The van der Waals surface area contributed by atoms with E-state index < -0.39 is 0 Å². The van der Waals surface area contributed by atoms with Crippen LogP contribution in [-0.2, 0) is 6.54 Å². The Labute approximate surface area is 159 Å². The van der Waals surface area contributed by atoms with Gasteiger partial charge in [-0.05, 0) is 56.1 Å². The molecule has 26 heavy (non-hydrogen) atoms. The van der Waals surface area contributed by atoms with E-state index >= 15 is 0 Å². The Morgan fingerprint density at radius 2 is 1.92 bits per heavy atom. The van der Waals surface area contributed by atoms with Gasteiger partial charge in [-0.15, -0.1) is 0 Å². The van der Waals surface area contributed by atoms with E-state index in [2.05, 4.69) is 41.2 Å². The van der Waals surface area contributed by atoms with Crippen molar-refractivity contribution in [2.75, 3.05) is 12.0 Å². The van der Waals surface area contributed by atoms with Crippen LogP contribution in [0.25, 0.3) is 5.69 Å². The summed E-state index contributed by atoms with van der Waals surface area (Å²) >= 11 is 5.52. The molecule has 6 heteroatoms. The molecular formula is C20H26N4OS. The molecule has 1 aromatic heterocycles. The van der Waals surface area contributed by atoms with Crippen LogP contribution in [0.15, 0.2) is 23.0 Å². The van der Waals surface area contributed by atoms with Crippen molar-refractivity contribution >= 4 is 18.0 Å². The molecule has 1 fully saturated rings. The van der Waals surface area contributed by atoms with Crippen molar-refractivity contribution in [3.63, 3.8) is 0 Å². The van der Waals surface area contributed by atoms with Gasteiger partial charge in [-0.25, -0.2) is 0 Å². The fraction of sp³-hybridized carbons (Fsp3) is 0.500. The maximum atomic E-state index is 12.6. The number of rotatable bonds is 2. The molecule has 1 aliphatic carbocycles. The molecule has 0 unspecified atom stereocenters. The summed E-state index contributed by atoms with van der Waals surface area (Å²) in [4.78, 5) is 17.9. The van der Waals surface area contributed by atoms with Crippen molar-refractivity contribution in [2.24, 2.45) is 0 Å². The minimum absolute atomic E-state index is 0.0698. The normalized spacial score (nSPS) is 18.4. The Kier molecular flexibility index (Phi) is 4.71. The van der Waals surface area contributed by atoms with Crippen molar-refractivity contribution in [3.8, 4) is 5.69 Å². The second kappa shape index (κ2) is 7.00. The molecule has 0 bridgehead atoms. The van der Waals surface area contributed by atoms with E-state index in [0.717, 1.165) is 23.7 Å². The first-order valence-corrected chi connectivity index (χ1v) is 9.90. The molecule has 0 radical (unpaired) electrons. The van der Waals surface area contributed by atoms with Gasteiger partial charge in [0.25, 0.3) is 5.56 Å². The molecule has 138 valence electrons. The molecule has 2 N–H and O–H groups in total. The summed E-state index contributed by atoms with van der Waals surface area (Å²) in [5, 5.41) is 3.51. The van der Waals surface area contributed by atoms with Gasteiger partial charge in [-0.1, -0.05) is 31.4 Å². The number of anilines is 1. The maximum Gasteiger partial charge on any atom is 0.258 e. The highest BCUT2D eigenvalue weighted by Crippen LogP contribution is 2.30. The van der Waals surface area contributed by atoms with Gasteiger partial charge < -0.3 is 5.32 Å². The number of aryl methyl sites for hydroxylation is 1. The monoisotopic (exact) mass is 370 g/mol. The number of aromatic amines is 1. The smallest absolute Gasteiger partial charge is 0.258 e. The summed E-state index contributed by atoms with van der Waals surface area (Å²) in [6.07, 6.45) is 6.37. The lowest BCUT2D eigenvalue weighted by atomic mass is 9.94. The SMILES string of the molecule is Cc1cccc(-n2c3c(c(=O)[nH]c2=S)CN(C2CCCCC2)CN3)c1C. The standard InChI is InChI=1S/C20H26N4OS/c1-13-7-6-10-17(14(13)2)24-18-16(19(25)22-20(24)26)11-23(12-21-18)15-8-4-3-5-9-15/h6-7,10,15,21H,3-5,8-9,11-12H2,1-2H3,(H,22,25,26). The van der Waals surface area contributed by atoms with E-state index in [-0.39, 0.29) is 5.56 Å². The predicted molar refractivity (Wildman–Crippen MR) is 108 cm³/mol. The van der Waals surface area contributed by atoms with Crippen LogP contribution in [0.3, 0.4) is 0 Å². The largest absolute Gasteiger partial charge is 0.358 e. The lowest BCUT2D eigenvalue weighted by molar-refractivity contribution is 0.152. The quantitative estimate of drug-likeness (QED) is 0.784. The minimum Gasteiger partial charge on any atom is -0.358 e. The summed E-state index contributed by atoms with van der Waals surface area (Å²) in [7, 11) is 0. The second-order valence-corrected chi connectivity index (χ2v) is 7.90. The van der Waals surface area contributed by atoms with Gasteiger partial charge in [-0.3, -0.25) is 19.2 Å². The average molecular weight is 371 g/mol. The predicted octanol–water partition coefficient (Wildman–Crippen LogP) is 4.03. The molecule has 0 amide bonds. The summed E-state index contributed by atoms with van der Waals surface area (Å²) in [5.74, 6) is 0.847. The Morgan fingerprint density at radius 1 is 1.15 bits per heavy atom. The van der Waals surface area contributed by atoms with Crippen LogP contribution in [-0.4, -0.2) is 27.2 Å². The average Bonchev–Trinajstić information content (AvgIpc) is 2.65. The molecular weight excluding hydrogens is 344 g/mol. The number of benzene rings is 1. The van der Waals surface area contributed by atoms with Crippen molar-refractivity contribution in [2.45, 2.75) is 58.5 Å². The molecule has 0 atom stereocenters. The number of hydrogen-bond donors (Lipinski definition) is 2. The zero-order valence-corrected chi connectivity index (χ0v) is 16.3. The van der Waals surface area contributed by atoms with Crippen molar-refractivity contribution in [3.05, 3.63) is 50.0 Å². The third-order valence-electron chi connectivity index (χ3n) is 5.93. The molecule has 4 rings (SSSR count). The zero-order valence-electron chi connectivity index (χ0n) is 15.5. The highest BCUT2D eigenvalue weighted by molar-refractivity contribution is 7.71. The van der Waals surface area contributed by atoms with Crippen LogP contribution < -0.4 is 10.9 Å². The van der Waals surface area contributed by atoms with Crippen LogP contribution in [0.1, 0.15) is 48.8 Å². The van der Waals surface area contributed by atoms with Crippen molar-refractivity contribution in [1.29, 1.82) is 0 Å². The van der Waals surface area contributed by atoms with Gasteiger partial charge in [0, 0.05) is 12.6 Å². The zero-order chi connectivity index (χ0) is 18.3. The number of nitrogens with one attached hydrogen (secondary N) is 2. The third kappa shape index (κ3) is 3.01. The van der Waals surface area contributed by atoms with Gasteiger partial charge in [0.2, 0.25) is 0 Å². The molecule has 1 aliphatic heterocycles. The summed E-state index contributed by atoms with van der Waals surface area (Å²) in [5.41, 5.74) is 4.13. The molecule has 0 saturated heterocycles. The fourth-order valence-corrected chi connectivity index (χ4v) is 4.53. The third-order valence-corrected chi connectivity index (χ3v) is 6.21. The van der Waals surface area contributed by atoms with Gasteiger partial charge in [0.05, 0.1) is 17.9 Å². The molecule has 1 aromatic carbocycles. The van der Waals surface area contributed by atoms with Gasteiger partial charge in [0.1, 0.15) is 5.82 Å². The first-order chi connectivity index (χ1) is 12.6. The van der Waals surface area contributed by atoms with E-state index in [1.54, 1.807) is 0 Å². The summed E-state index contributed by atoms with van der Waals surface area (Å²) in [6.45, 7) is 5.64. The maximum absolute atomic E-state index is 12.6. The highest BCUT2D eigenvalue weighted by atomic mass is 32.1. The topological polar surface area (TPSA) is 53.1 Å². The second-order valence-electron chi connectivity index (χ2n) is 7.51. The van der Waals surface area contributed by atoms with Crippen LogP contribution in [0, 0.1) is 18.6 Å². The van der Waals surface area contributed by atoms with Crippen LogP contribution in [0.4, 0.5) is 5.82 Å². The van der Waals surface area contributed by atoms with Crippen LogP contribution in [0.2, 0.25) is 0 Å². The Morgan fingerprint density at radius 3 is 2.69 bits per heavy atom. The van der Waals surface area contributed by atoms with Crippen LogP contribution in [0.5, 0.6) is 0 Å². The molecule has 0 spiro atoms. The number of aromatic nitrogens is 2. The number of nitrogens with zero attached hydrogens (tertiary/aromatic N) is 2. The van der Waals surface area contributed by atoms with E-state index in [9.17, 15) is 4.79 Å². The Balaban J connectivity index is 1.79. The van der Waals surface area contributed by atoms with Crippen LogP contribution >= 0.6 is 12.2 Å². The minimum atomic E-state index is -0.0698. The summed E-state index contributed by atoms with van der Waals surface area (Å²) < 4.78 is 2.44. The van der Waals surface area contributed by atoms with Crippen molar-refractivity contribution in [1.82, 2.24) is 14.5 Å². The lowest BCUT2D eigenvalue weighted by Gasteiger charge is -2.38. The molecule has 2 aromatic rings. The van der Waals surface area contributed by atoms with E-state index in [1.807, 2.05) is 10.6 Å². The fourth-order valence-electron chi connectivity index (χ4n) is 4.25. The Hall–Kier alpha value is -1.92. The molecule has 1 saturated carbocycles. The number of fused-ring (bicyclic) bond motifs is 1. The van der Waals surface area contributed by atoms with E-state index in [4.69, 9.17) is 12.2 Å². The number of H-pyrrole nitrogens is 1. The van der Waals surface area contributed by atoms with Gasteiger partial charge >= 0.3 is 0 Å². The number of hydrogen-bond acceptors (Lipinski definition) is 4. The summed E-state index contributed by atoms with van der Waals surface area (Å²) in [6, 6.07) is 6.76. The first kappa shape index (κ1) is 17.5.